The number of carbonyl (C=O) groups excluding carboxylic acids is 1. The molecule has 0 N–H and O–H groups in total. The summed E-state index contributed by atoms with van der Waals surface area (Å²) in [5.41, 5.74) is 0. The maximum atomic E-state index is 12.1. The summed E-state index contributed by atoms with van der Waals surface area (Å²) in [6.45, 7) is 4.75. The van der Waals surface area contributed by atoms with Gasteiger partial charge in [-0.2, -0.15) is 4.98 Å². The lowest BCUT2D eigenvalue weighted by Gasteiger charge is -2.22. The highest BCUT2D eigenvalue weighted by Crippen LogP contribution is 2.16. The number of likely N-dealkylation sites (tertiary alicyclic amines) is 1. The molecule has 0 aliphatic carbocycles. The minimum absolute atomic E-state index is 0.0909. The van der Waals surface area contributed by atoms with Gasteiger partial charge in [0.2, 0.25) is 11.8 Å². The lowest BCUT2D eigenvalue weighted by atomic mass is 10.2. The third kappa shape index (κ3) is 4.64. The Bertz CT molecular complexity index is 526. The zero-order valence-corrected chi connectivity index (χ0v) is 13.8. The van der Waals surface area contributed by atoms with E-state index in [1.807, 2.05) is 37.0 Å². The topological polar surface area (TPSA) is 65.7 Å². The van der Waals surface area contributed by atoms with Gasteiger partial charge in [-0.15, -0.1) is 0 Å². The van der Waals surface area contributed by atoms with Crippen molar-refractivity contribution in [2.24, 2.45) is 0 Å². The lowest BCUT2D eigenvalue weighted by Crippen LogP contribution is -2.36. The van der Waals surface area contributed by atoms with Crippen LogP contribution in [0.15, 0.2) is 16.7 Å². The molecule has 0 saturated carbocycles. The van der Waals surface area contributed by atoms with Gasteiger partial charge in [-0.1, -0.05) is 11.2 Å². The summed E-state index contributed by atoms with van der Waals surface area (Å²) in [5, 5.41) is 3.91. The molecule has 1 unspecified atom stereocenters. The van der Waals surface area contributed by atoms with E-state index in [1.54, 1.807) is 13.0 Å². The normalized spacial score (nSPS) is 19.0. The first-order valence-corrected chi connectivity index (χ1v) is 7.55. The molecule has 1 saturated heterocycles. The van der Waals surface area contributed by atoms with Gasteiger partial charge < -0.3 is 14.3 Å². The van der Waals surface area contributed by atoms with E-state index >= 15 is 0 Å². The van der Waals surface area contributed by atoms with Crippen molar-refractivity contribution in [3.63, 3.8) is 0 Å². The Balaban J connectivity index is 1.81. The fourth-order valence-corrected chi connectivity index (χ4v) is 2.53. The molecular weight excluding hydrogens is 282 g/mol. The van der Waals surface area contributed by atoms with Crippen LogP contribution in [0.5, 0.6) is 0 Å². The van der Waals surface area contributed by atoms with Gasteiger partial charge in [-0.05, 0) is 27.6 Å². The van der Waals surface area contributed by atoms with E-state index in [4.69, 9.17) is 4.52 Å². The molecule has 2 rings (SSSR count). The summed E-state index contributed by atoms with van der Waals surface area (Å²) in [5.74, 6) is 1.36. The molecule has 122 valence electrons. The lowest BCUT2D eigenvalue weighted by molar-refractivity contribution is -0.125. The molecule has 0 radical (unpaired) electrons. The minimum atomic E-state index is 0.0909. The van der Waals surface area contributed by atoms with Gasteiger partial charge >= 0.3 is 0 Å². The van der Waals surface area contributed by atoms with Crippen molar-refractivity contribution in [3.8, 4) is 0 Å². The molecule has 1 aliphatic heterocycles. The van der Waals surface area contributed by atoms with E-state index in [0.717, 1.165) is 26.1 Å². The fraction of sp³-hybridized carbons (Fsp3) is 0.667. The number of hydrogen-bond acceptors (Lipinski definition) is 6. The SMILES string of the molecule is Cc1nc(CN(C)C2CCN(C(=O)/C=C/CN(C)C)C2)no1. The summed E-state index contributed by atoms with van der Waals surface area (Å²) in [7, 11) is 6.00. The largest absolute Gasteiger partial charge is 0.340 e. The average Bonchev–Trinajstić information content (AvgIpc) is 3.07. The van der Waals surface area contributed by atoms with Crippen LogP contribution in [0.25, 0.3) is 0 Å². The standard InChI is InChI=1S/C15H25N5O2/c1-12-16-14(17-22-12)11-19(4)13-7-9-20(10-13)15(21)6-5-8-18(2)3/h5-6,13H,7-11H2,1-4H3/b6-5+. The second-order valence-corrected chi connectivity index (χ2v) is 6.04. The summed E-state index contributed by atoms with van der Waals surface area (Å²) < 4.78 is 4.99. The van der Waals surface area contributed by atoms with E-state index in [0.29, 0.717) is 24.3 Å². The Morgan fingerprint density at radius 3 is 2.86 bits per heavy atom. The molecule has 1 amide bonds. The van der Waals surface area contributed by atoms with Crippen LogP contribution in [0, 0.1) is 6.92 Å². The van der Waals surface area contributed by atoms with Crippen molar-refractivity contribution in [2.75, 3.05) is 40.8 Å². The Kier molecular flexibility index (Phi) is 5.68. The highest BCUT2D eigenvalue weighted by Gasteiger charge is 2.28. The van der Waals surface area contributed by atoms with Crippen molar-refractivity contribution in [1.82, 2.24) is 24.8 Å². The second kappa shape index (κ2) is 7.51. The van der Waals surface area contributed by atoms with Crippen LogP contribution < -0.4 is 0 Å². The Morgan fingerprint density at radius 2 is 2.23 bits per heavy atom. The maximum absolute atomic E-state index is 12.1. The number of carbonyl (C=O) groups is 1. The van der Waals surface area contributed by atoms with Crippen LogP contribution in [0.3, 0.4) is 0 Å². The molecule has 1 aromatic heterocycles. The molecule has 22 heavy (non-hydrogen) atoms. The number of aromatic nitrogens is 2. The van der Waals surface area contributed by atoms with Gasteiger partial charge in [0.05, 0.1) is 6.54 Å². The van der Waals surface area contributed by atoms with Crippen LogP contribution in [-0.4, -0.2) is 77.6 Å². The molecule has 0 spiro atoms. The average molecular weight is 307 g/mol. The van der Waals surface area contributed by atoms with Crippen molar-refractivity contribution < 1.29 is 9.32 Å². The first kappa shape index (κ1) is 16.6. The van der Waals surface area contributed by atoms with Crippen LogP contribution in [-0.2, 0) is 11.3 Å². The molecule has 2 heterocycles. The van der Waals surface area contributed by atoms with Gasteiger partial charge in [0.1, 0.15) is 0 Å². The Morgan fingerprint density at radius 1 is 1.45 bits per heavy atom. The molecule has 1 aliphatic rings. The quantitative estimate of drug-likeness (QED) is 0.714. The summed E-state index contributed by atoms with van der Waals surface area (Å²) in [6.07, 6.45) is 4.55. The van der Waals surface area contributed by atoms with Gasteiger partial charge in [-0.25, -0.2) is 0 Å². The number of amides is 1. The monoisotopic (exact) mass is 307 g/mol. The molecular formula is C15H25N5O2. The molecule has 0 bridgehead atoms. The molecule has 7 heteroatoms. The number of likely N-dealkylation sites (N-methyl/N-ethyl adjacent to an activating group) is 2. The van der Waals surface area contributed by atoms with Crippen molar-refractivity contribution in [2.45, 2.75) is 25.9 Å². The predicted molar refractivity (Wildman–Crippen MR) is 83.2 cm³/mol. The third-order valence-electron chi connectivity index (χ3n) is 3.79. The smallest absolute Gasteiger partial charge is 0.246 e. The van der Waals surface area contributed by atoms with Gasteiger partial charge in [0.25, 0.3) is 0 Å². The third-order valence-corrected chi connectivity index (χ3v) is 3.79. The van der Waals surface area contributed by atoms with Crippen molar-refractivity contribution >= 4 is 5.91 Å². The Labute approximate surface area is 131 Å². The maximum Gasteiger partial charge on any atom is 0.246 e. The number of aryl methyl sites for hydroxylation is 1. The van der Waals surface area contributed by atoms with Gasteiger partial charge in [0.15, 0.2) is 5.82 Å². The van der Waals surface area contributed by atoms with E-state index in [9.17, 15) is 4.79 Å². The highest BCUT2D eigenvalue weighted by atomic mass is 16.5. The number of nitrogens with zero attached hydrogens (tertiary/aromatic N) is 5. The van der Waals surface area contributed by atoms with Gasteiger partial charge in [-0.3, -0.25) is 9.69 Å². The second-order valence-electron chi connectivity index (χ2n) is 6.04. The number of rotatable bonds is 6. The molecule has 1 fully saturated rings. The molecule has 0 aromatic carbocycles. The molecule has 1 atom stereocenters. The highest BCUT2D eigenvalue weighted by molar-refractivity contribution is 5.87. The molecule has 1 aromatic rings. The van der Waals surface area contributed by atoms with E-state index in [-0.39, 0.29) is 5.91 Å². The molecule has 7 nitrogen and oxygen atoms in total. The minimum Gasteiger partial charge on any atom is -0.340 e. The first-order chi connectivity index (χ1) is 10.5. The van der Waals surface area contributed by atoms with E-state index in [2.05, 4.69) is 15.0 Å². The van der Waals surface area contributed by atoms with Gasteiger partial charge in [0, 0.05) is 38.7 Å². The van der Waals surface area contributed by atoms with E-state index < -0.39 is 0 Å². The summed E-state index contributed by atoms with van der Waals surface area (Å²) >= 11 is 0. The number of hydrogen-bond donors (Lipinski definition) is 0. The van der Waals surface area contributed by atoms with Crippen molar-refractivity contribution in [1.29, 1.82) is 0 Å². The summed E-state index contributed by atoms with van der Waals surface area (Å²) in [4.78, 5) is 22.4. The predicted octanol–water partition coefficient (Wildman–Crippen LogP) is 0.529. The zero-order valence-electron chi connectivity index (χ0n) is 13.8. The van der Waals surface area contributed by atoms with Crippen LogP contribution in [0.4, 0.5) is 0 Å². The van der Waals surface area contributed by atoms with Crippen LogP contribution in [0.2, 0.25) is 0 Å². The zero-order chi connectivity index (χ0) is 16.1. The summed E-state index contributed by atoms with van der Waals surface area (Å²) in [6, 6.07) is 0.338. The van der Waals surface area contributed by atoms with Crippen molar-refractivity contribution in [3.05, 3.63) is 23.9 Å². The first-order valence-electron chi connectivity index (χ1n) is 7.55. The van der Waals surface area contributed by atoms with E-state index in [1.165, 1.54) is 0 Å². The van der Waals surface area contributed by atoms with Crippen LogP contribution >= 0.6 is 0 Å². The Hall–Kier alpha value is -1.73. The fourth-order valence-electron chi connectivity index (χ4n) is 2.53. The van der Waals surface area contributed by atoms with Crippen LogP contribution in [0.1, 0.15) is 18.1 Å².